The average Bonchev–Trinajstić information content (AvgIpc) is 3.08. The van der Waals surface area contributed by atoms with Crippen molar-refractivity contribution in [1.82, 2.24) is 5.32 Å². The SMILES string of the molecule is CCCCCCCCCCCC/C=C\CCCCCCCCCC(=O)N[C@H]1COB(C)OC1/C=C/CCCCCCCCCCCCC. The predicted molar refractivity (Wildman–Crippen MR) is 212 cm³/mol. The van der Waals surface area contributed by atoms with Crippen LogP contribution in [0.2, 0.25) is 6.82 Å². The normalized spacial score (nSPS) is 16.9. The van der Waals surface area contributed by atoms with E-state index in [-0.39, 0.29) is 25.2 Å². The molecule has 280 valence electrons. The van der Waals surface area contributed by atoms with Gasteiger partial charge >= 0.3 is 7.12 Å². The number of hydrogen-bond donors (Lipinski definition) is 1. The summed E-state index contributed by atoms with van der Waals surface area (Å²) in [4.78, 5) is 12.7. The zero-order valence-corrected chi connectivity index (χ0v) is 32.6. The molecule has 0 saturated carbocycles. The summed E-state index contributed by atoms with van der Waals surface area (Å²) in [5, 5.41) is 3.20. The van der Waals surface area contributed by atoms with Crippen LogP contribution in [0, 0.1) is 0 Å². The number of unbranched alkanes of at least 4 members (excludes halogenated alkanes) is 28. The summed E-state index contributed by atoms with van der Waals surface area (Å²) in [6, 6.07) is -0.0915. The Morgan fingerprint density at radius 3 is 1.38 bits per heavy atom. The van der Waals surface area contributed by atoms with E-state index in [2.05, 4.69) is 43.5 Å². The third-order valence-corrected chi connectivity index (χ3v) is 10.1. The number of rotatable bonds is 35. The number of hydrogen-bond acceptors (Lipinski definition) is 3. The number of allylic oxidation sites excluding steroid dienone is 3. The lowest BCUT2D eigenvalue weighted by Gasteiger charge is -2.33. The monoisotopic (exact) mass is 672 g/mol. The van der Waals surface area contributed by atoms with Crippen LogP contribution < -0.4 is 5.32 Å². The third-order valence-electron chi connectivity index (χ3n) is 10.1. The molecule has 1 fully saturated rings. The molecule has 0 bridgehead atoms. The van der Waals surface area contributed by atoms with Crippen molar-refractivity contribution in [2.75, 3.05) is 6.61 Å². The Morgan fingerprint density at radius 2 is 0.938 bits per heavy atom. The molecule has 1 heterocycles. The summed E-state index contributed by atoms with van der Waals surface area (Å²) in [6.07, 6.45) is 51.2. The molecule has 1 amide bonds. The molecule has 0 aromatic heterocycles. The quantitative estimate of drug-likeness (QED) is 0.0414. The molecule has 0 aromatic rings. The summed E-state index contributed by atoms with van der Waals surface area (Å²) >= 11 is 0. The molecule has 0 radical (unpaired) electrons. The molecule has 1 unspecified atom stereocenters. The van der Waals surface area contributed by atoms with Gasteiger partial charge in [-0.15, -0.1) is 0 Å². The lowest BCUT2D eigenvalue weighted by atomic mass is 9.90. The van der Waals surface area contributed by atoms with Gasteiger partial charge in [0.15, 0.2) is 0 Å². The number of carbonyl (C=O) groups is 1. The highest BCUT2D eigenvalue weighted by Gasteiger charge is 2.31. The first kappa shape index (κ1) is 45.0. The van der Waals surface area contributed by atoms with Crippen LogP contribution >= 0.6 is 0 Å². The van der Waals surface area contributed by atoms with Crippen molar-refractivity contribution in [3.05, 3.63) is 24.3 Å². The van der Waals surface area contributed by atoms with Gasteiger partial charge in [0.25, 0.3) is 0 Å². The fraction of sp³-hybridized carbons (Fsp3) is 0.884. The molecule has 1 aliphatic rings. The first-order valence-electron chi connectivity index (χ1n) is 21.6. The standard InChI is InChI=1S/C43H82BNO3/c1-4-6-8-10-12-14-16-18-19-20-21-22-23-24-25-27-29-31-33-35-37-39-43(46)45-41-40-47-44(3)48-42(41)38-36-34-32-30-28-26-17-15-13-11-9-7-5-2/h22-23,36,38,41-42H,4-21,24-35,37,39-40H2,1-3H3,(H,45,46)/b23-22-,38-36+/t41-,42?/m0/s1. The van der Waals surface area contributed by atoms with E-state index in [9.17, 15) is 4.79 Å². The molecule has 0 spiro atoms. The van der Waals surface area contributed by atoms with E-state index in [4.69, 9.17) is 9.31 Å². The molecule has 2 atom stereocenters. The van der Waals surface area contributed by atoms with E-state index in [0.717, 1.165) is 19.3 Å². The van der Waals surface area contributed by atoms with Gasteiger partial charge in [0, 0.05) is 6.42 Å². The number of amides is 1. The summed E-state index contributed by atoms with van der Waals surface area (Å²) < 4.78 is 11.7. The highest BCUT2D eigenvalue weighted by atomic mass is 16.6. The Balaban J connectivity index is 1.96. The summed E-state index contributed by atoms with van der Waals surface area (Å²) in [5.74, 6) is 0.134. The van der Waals surface area contributed by atoms with Gasteiger partial charge < -0.3 is 14.6 Å². The number of carbonyl (C=O) groups excluding carboxylic acids is 1. The molecule has 1 rings (SSSR count). The van der Waals surface area contributed by atoms with Crippen LogP contribution in [0.25, 0.3) is 0 Å². The van der Waals surface area contributed by atoms with E-state index in [1.54, 1.807) is 0 Å². The van der Waals surface area contributed by atoms with Gasteiger partial charge in [-0.25, -0.2) is 0 Å². The second kappa shape index (κ2) is 35.8. The summed E-state index contributed by atoms with van der Waals surface area (Å²) in [5.41, 5.74) is 0. The molecule has 1 N–H and O–H groups in total. The van der Waals surface area contributed by atoms with Crippen molar-refractivity contribution >= 4 is 13.0 Å². The highest BCUT2D eigenvalue weighted by molar-refractivity contribution is 6.42. The minimum atomic E-state index is -0.222. The van der Waals surface area contributed by atoms with Crippen molar-refractivity contribution in [3.63, 3.8) is 0 Å². The molecular formula is C43H82BNO3. The minimum Gasteiger partial charge on any atom is -0.409 e. The lowest BCUT2D eigenvalue weighted by Crippen LogP contribution is -2.53. The van der Waals surface area contributed by atoms with Crippen LogP contribution in [0.5, 0.6) is 0 Å². The molecule has 1 aliphatic heterocycles. The molecule has 4 nitrogen and oxygen atoms in total. The van der Waals surface area contributed by atoms with Gasteiger partial charge in [0.2, 0.25) is 5.91 Å². The van der Waals surface area contributed by atoms with Crippen LogP contribution in [-0.4, -0.2) is 31.8 Å². The van der Waals surface area contributed by atoms with Crippen molar-refractivity contribution in [1.29, 1.82) is 0 Å². The largest absolute Gasteiger partial charge is 0.454 e. The topological polar surface area (TPSA) is 47.6 Å². The maximum absolute atomic E-state index is 12.7. The van der Waals surface area contributed by atoms with Gasteiger partial charge in [-0.3, -0.25) is 4.79 Å². The summed E-state index contributed by atoms with van der Waals surface area (Å²) in [7, 11) is -0.222. The van der Waals surface area contributed by atoms with Gasteiger partial charge in [0.05, 0.1) is 18.8 Å². The van der Waals surface area contributed by atoms with Crippen LogP contribution in [0.4, 0.5) is 0 Å². The van der Waals surface area contributed by atoms with E-state index in [1.165, 1.54) is 180 Å². The minimum absolute atomic E-state index is 0.0915. The zero-order chi connectivity index (χ0) is 34.6. The molecule has 1 saturated heterocycles. The van der Waals surface area contributed by atoms with Gasteiger partial charge in [0.1, 0.15) is 0 Å². The van der Waals surface area contributed by atoms with Crippen molar-refractivity contribution < 1.29 is 14.1 Å². The van der Waals surface area contributed by atoms with E-state index in [0.29, 0.717) is 13.0 Å². The van der Waals surface area contributed by atoms with Crippen molar-refractivity contribution in [3.8, 4) is 0 Å². The van der Waals surface area contributed by atoms with Crippen LogP contribution in [0.3, 0.4) is 0 Å². The maximum Gasteiger partial charge on any atom is 0.454 e. The van der Waals surface area contributed by atoms with E-state index >= 15 is 0 Å². The third kappa shape index (κ3) is 29.8. The van der Waals surface area contributed by atoms with E-state index < -0.39 is 0 Å². The predicted octanol–water partition coefficient (Wildman–Crippen LogP) is 13.6. The van der Waals surface area contributed by atoms with Crippen molar-refractivity contribution in [2.45, 2.75) is 238 Å². The Bertz CT molecular complexity index is 742. The summed E-state index contributed by atoms with van der Waals surface area (Å²) in [6.45, 7) is 7.04. The number of nitrogens with one attached hydrogen (secondary N) is 1. The fourth-order valence-electron chi connectivity index (χ4n) is 6.85. The Morgan fingerprint density at radius 1 is 0.562 bits per heavy atom. The van der Waals surface area contributed by atoms with Crippen LogP contribution in [0.1, 0.15) is 219 Å². The highest BCUT2D eigenvalue weighted by Crippen LogP contribution is 2.17. The Labute approximate surface area is 301 Å². The van der Waals surface area contributed by atoms with Gasteiger partial charge in [-0.1, -0.05) is 192 Å². The first-order valence-corrected chi connectivity index (χ1v) is 21.6. The average molecular weight is 672 g/mol. The van der Waals surface area contributed by atoms with Gasteiger partial charge in [-0.05, 0) is 51.8 Å². The van der Waals surface area contributed by atoms with Crippen LogP contribution in [0.15, 0.2) is 24.3 Å². The molecule has 0 aromatic carbocycles. The van der Waals surface area contributed by atoms with Crippen LogP contribution in [-0.2, 0) is 14.1 Å². The Hall–Kier alpha value is -1.07. The fourth-order valence-corrected chi connectivity index (χ4v) is 6.85. The van der Waals surface area contributed by atoms with Gasteiger partial charge in [-0.2, -0.15) is 0 Å². The second-order valence-corrected chi connectivity index (χ2v) is 14.9. The molecule has 0 aliphatic carbocycles. The smallest absolute Gasteiger partial charge is 0.409 e. The zero-order valence-electron chi connectivity index (χ0n) is 32.6. The Kier molecular flexibility index (Phi) is 33.5. The first-order chi connectivity index (χ1) is 23.7. The maximum atomic E-state index is 12.7. The van der Waals surface area contributed by atoms with Crippen molar-refractivity contribution in [2.24, 2.45) is 0 Å². The van der Waals surface area contributed by atoms with E-state index in [1.807, 2.05) is 6.82 Å². The molecule has 5 heteroatoms. The molecule has 48 heavy (non-hydrogen) atoms. The molecular weight excluding hydrogens is 589 g/mol. The second-order valence-electron chi connectivity index (χ2n) is 14.9. The lowest BCUT2D eigenvalue weighted by molar-refractivity contribution is -0.123.